The maximum absolute atomic E-state index is 10.2. The monoisotopic (exact) mass is 419 g/mol. The van der Waals surface area contributed by atoms with Crippen molar-refractivity contribution in [3.63, 3.8) is 0 Å². The van der Waals surface area contributed by atoms with Gasteiger partial charge in [0.15, 0.2) is 5.41 Å². The SMILES string of the molecule is CCCN1CC=C2C(C#N)=C(N)C(C#N)(C#N)[C@H](c3ccc(-c4ccccc4)cc3)C2C1. The first kappa shape index (κ1) is 21.4. The fourth-order valence-corrected chi connectivity index (χ4v) is 5.13. The van der Waals surface area contributed by atoms with E-state index in [1.54, 1.807) is 0 Å². The lowest BCUT2D eigenvalue weighted by Gasteiger charge is -2.45. The molecule has 0 saturated heterocycles. The molecule has 2 aliphatic rings. The summed E-state index contributed by atoms with van der Waals surface area (Å²) in [6.07, 6.45) is 3.07. The van der Waals surface area contributed by atoms with Gasteiger partial charge in [-0.25, -0.2) is 0 Å². The van der Waals surface area contributed by atoms with Crippen LogP contribution in [0, 0.1) is 45.3 Å². The molecule has 2 atom stereocenters. The van der Waals surface area contributed by atoms with Gasteiger partial charge in [0.25, 0.3) is 0 Å². The van der Waals surface area contributed by atoms with Gasteiger partial charge in [-0.3, -0.25) is 4.90 Å². The molecule has 158 valence electrons. The Bertz CT molecular complexity index is 1170. The van der Waals surface area contributed by atoms with Gasteiger partial charge in [-0.1, -0.05) is 67.6 Å². The number of nitrogens with zero attached hydrogens (tertiary/aromatic N) is 4. The summed E-state index contributed by atoms with van der Waals surface area (Å²) in [5.74, 6) is -0.607. The first-order valence-electron chi connectivity index (χ1n) is 10.9. The third kappa shape index (κ3) is 3.36. The summed E-state index contributed by atoms with van der Waals surface area (Å²) in [5, 5.41) is 30.3. The van der Waals surface area contributed by atoms with Gasteiger partial charge in [-0.15, -0.1) is 0 Å². The lowest BCUT2D eigenvalue weighted by atomic mass is 9.58. The molecule has 2 aromatic rings. The van der Waals surface area contributed by atoms with Crippen LogP contribution in [0.4, 0.5) is 0 Å². The molecule has 1 unspecified atom stereocenters. The molecule has 0 amide bonds. The predicted molar refractivity (Wildman–Crippen MR) is 123 cm³/mol. The van der Waals surface area contributed by atoms with E-state index < -0.39 is 11.3 Å². The van der Waals surface area contributed by atoms with E-state index in [9.17, 15) is 15.8 Å². The van der Waals surface area contributed by atoms with Crippen molar-refractivity contribution < 1.29 is 0 Å². The van der Waals surface area contributed by atoms with Gasteiger partial charge in [0.1, 0.15) is 6.07 Å². The summed E-state index contributed by atoms with van der Waals surface area (Å²) in [6, 6.07) is 24.7. The third-order valence-corrected chi connectivity index (χ3v) is 6.66. The summed E-state index contributed by atoms with van der Waals surface area (Å²) in [7, 11) is 0. The topological polar surface area (TPSA) is 101 Å². The van der Waals surface area contributed by atoms with E-state index in [2.05, 4.69) is 48.2 Å². The van der Waals surface area contributed by atoms with E-state index >= 15 is 0 Å². The molecular weight excluding hydrogens is 394 g/mol. The second-order valence-corrected chi connectivity index (χ2v) is 8.42. The van der Waals surface area contributed by atoms with Crippen LogP contribution >= 0.6 is 0 Å². The molecule has 2 N–H and O–H groups in total. The number of nitriles is 3. The average Bonchev–Trinajstić information content (AvgIpc) is 2.84. The Kier molecular flexibility index (Phi) is 5.83. The minimum atomic E-state index is -1.59. The number of hydrogen-bond acceptors (Lipinski definition) is 5. The molecule has 0 spiro atoms. The molecule has 2 aromatic carbocycles. The highest BCUT2D eigenvalue weighted by molar-refractivity contribution is 5.65. The number of rotatable bonds is 4. The summed E-state index contributed by atoms with van der Waals surface area (Å²) in [6.45, 7) is 4.48. The minimum Gasteiger partial charge on any atom is -0.399 e. The van der Waals surface area contributed by atoms with E-state index in [1.165, 1.54) is 0 Å². The molecule has 0 bridgehead atoms. The van der Waals surface area contributed by atoms with Crippen molar-refractivity contribution in [1.82, 2.24) is 4.90 Å². The van der Waals surface area contributed by atoms with Crippen LogP contribution < -0.4 is 5.73 Å². The Balaban J connectivity index is 1.86. The Morgan fingerprint density at radius 1 is 1.00 bits per heavy atom. The summed E-state index contributed by atoms with van der Waals surface area (Å²) < 4.78 is 0. The molecule has 32 heavy (non-hydrogen) atoms. The van der Waals surface area contributed by atoms with Crippen molar-refractivity contribution in [2.24, 2.45) is 17.1 Å². The molecule has 1 aliphatic carbocycles. The maximum Gasteiger partial charge on any atom is 0.191 e. The standard InChI is InChI=1S/C27H25N5/c1-2-13-32-14-12-22-23(15-28)26(31)27(17-29,18-30)25(24(22)16-32)21-10-8-20(9-11-21)19-6-4-3-5-7-19/h3-12,24-25H,2,13-14,16,31H2,1H3/t24?,25-/m1/s1. The van der Waals surface area contributed by atoms with Gasteiger partial charge < -0.3 is 5.73 Å². The first-order valence-corrected chi connectivity index (χ1v) is 10.9. The Morgan fingerprint density at radius 2 is 1.66 bits per heavy atom. The molecule has 1 heterocycles. The zero-order valence-corrected chi connectivity index (χ0v) is 18.1. The smallest absolute Gasteiger partial charge is 0.191 e. The molecule has 0 radical (unpaired) electrons. The highest BCUT2D eigenvalue weighted by Crippen LogP contribution is 2.54. The molecule has 5 nitrogen and oxygen atoms in total. The zero-order chi connectivity index (χ0) is 22.7. The Labute approximate surface area is 189 Å². The van der Waals surface area contributed by atoms with Crippen LogP contribution in [0.5, 0.6) is 0 Å². The number of allylic oxidation sites excluding steroid dienone is 2. The van der Waals surface area contributed by atoms with Crippen molar-refractivity contribution in [2.45, 2.75) is 19.3 Å². The second kappa shape index (κ2) is 8.72. The van der Waals surface area contributed by atoms with E-state index in [1.807, 2.05) is 42.5 Å². The molecule has 0 saturated carbocycles. The largest absolute Gasteiger partial charge is 0.399 e. The van der Waals surface area contributed by atoms with Crippen molar-refractivity contribution in [2.75, 3.05) is 19.6 Å². The van der Waals surface area contributed by atoms with Crippen LogP contribution in [0.3, 0.4) is 0 Å². The van der Waals surface area contributed by atoms with Gasteiger partial charge in [0, 0.05) is 24.9 Å². The van der Waals surface area contributed by atoms with Gasteiger partial charge in [0.05, 0.1) is 23.4 Å². The summed E-state index contributed by atoms with van der Waals surface area (Å²) >= 11 is 0. The van der Waals surface area contributed by atoms with Crippen molar-refractivity contribution in [3.05, 3.63) is 83.1 Å². The van der Waals surface area contributed by atoms with Gasteiger partial charge in [-0.2, -0.15) is 15.8 Å². The van der Waals surface area contributed by atoms with E-state index in [-0.39, 0.29) is 11.6 Å². The fourth-order valence-electron chi connectivity index (χ4n) is 5.13. The lowest BCUT2D eigenvalue weighted by molar-refractivity contribution is 0.207. The first-order chi connectivity index (χ1) is 15.6. The Morgan fingerprint density at radius 3 is 2.25 bits per heavy atom. The van der Waals surface area contributed by atoms with E-state index in [0.717, 1.165) is 41.8 Å². The number of hydrogen-bond donors (Lipinski definition) is 1. The van der Waals surface area contributed by atoms with Crippen molar-refractivity contribution >= 4 is 0 Å². The van der Waals surface area contributed by atoms with Crippen LogP contribution in [0.2, 0.25) is 0 Å². The van der Waals surface area contributed by atoms with Crippen LogP contribution in [0.15, 0.2) is 77.5 Å². The van der Waals surface area contributed by atoms with Gasteiger partial charge >= 0.3 is 0 Å². The zero-order valence-electron chi connectivity index (χ0n) is 18.1. The number of benzene rings is 2. The number of fused-ring (bicyclic) bond motifs is 1. The van der Waals surface area contributed by atoms with E-state index in [0.29, 0.717) is 12.1 Å². The van der Waals surface area contributed by atoms with Crippen molar-refractivity contribution in [3.8, 4) is 29.3 Å². The molecule has 0 aromatic heterocycles. The average molecular weight is 420 g/mol. The molecule has 5 heteroatoms. The number of nitrogens with two attached hydrogens (primary N) is 1. The molecule has 0 fully saturated rings. The van der Waals surface area contributed by atoms with E-state index in [4.69, 9.17) is 5.73 Å². The normalized spacial score (nSPS) is 22.1. The Hall–Kier alpha value is -3.85. The van der Waals surface area contributed by atoms with Crippen LogP contribution in [0.1, 0.15) is 24.8 Å². The highest BCUT2D eigenvalue weighted by Gasteiger charge is 2.54. The van der Waals surface area contributed by atoms with Crippen LogP contribution in [0.25, 0.3) is 11.1 Å². The molecular formula is C27H25N5. The van der Waals surface area contributed by atoms with Gasteiger partial charge in [-0.05, 0) is 35.2 Å². The molecule has 1 aliphatic heterocycles. The van der Waals surface area contributed by atoms with Crippen LogP contribution in [-0.2, 0) is 0 Å². The highest BCUT2D eigenvalue weighted by atomic mass is 15.1. The predicted octanol–water partition coefficient (Wildman–Crippen LogP) is 4.49. The second-order valence-electron chi connectivity index (χ2n) is 8.42. The van der Waals surface area contributed by atoms with Crippen molar-refractivity contribution in [1.29, 1.82) is 15.8 Å². The minimum absolute atomic E-state index is 0.0774. The quantitative estimate of drug-likeness (QED) is 0.787. The van der Waals surface area contributed by atoms with Crippen LogP contribution in [-0.4, -0.2) is 24.5 Å². The van der Waals surface area contributed by atoms with Gasteiger partial charge in [0.2, 0.25) is 0 Å². The fraction of sp³-hybridized carbons (Fsp3) is 0.296. The lowest BCUT2D eigenvalue weighted by Crippen LogP contribution is -2.48. The summed E-state index contributed by atoms with van der Waals surface area (Å²) in [5.41, 5.74) is 9.12. The summed E-state index contributed by atoms with van der Waals surface area (Å²) in [4.78, 5) is 2.31. The third-order valence-electron chi connectivity index (χ3n) is 6.66. The molecule has 4 rings (SSSR count). The maximum atomic E-state index is 10.2.